The molecule has 2 unspecified atom stereocenters. The molecule has 1 aromatic rings. The van der Waals surface area contributed by atoms with Gasteiger partial charge in [0.25, 0.3) is 0 Å². The highest BCUT2D eigenvalue weighted by Crippen LogP contribution is 2.31. The van der Waals surface area contributed by atoms with E-state index in [4.69, 9.17) is 4.74 Å². The Labute approximate surface area is 414 Å². The van der Waals surface area contributed by atoms with Crippen molar-refractivity contribution < 1.29 is 63.5 Å². The molecule has 8 N–H and O–H groups in total. The van der Waals surface area contributed by atoms with Crippen LogP contribution in [0.1, 0.15) is 103 Å². The van der Waals surface area contributed by atoms with Gasteiger partial charge in [-0.15, -0.1) is 0 Å². The molecule has 0 aliphatic carbocycles. The molecule has 0 radical (unpaired) electrons. The largest absolute Gasteiger partial charge is 0.480 e. The van der Waals surface area contributed by atoms with Crippen molar-refractivity contribution in [3.63, 3.8) is 0 Å². The Kier molecular flexibility index (Phi) is 25.8. The number of unbranched alkanes of at least 4 members (excludes halogenated alkanes) is 2. The molecule has 69 heavy (non-hydrogen) atoms. The topological polar surface area (TPSA) is 288 Å². The van der Waals surface area contributed by atoms with Crippen molar-refractivity contribution in [2.75, 3.05) is 90.6 Å². The number of rotatable bonds is 28. The zero-order valence-corrected chi connectivity index (χ0v) is 43.3. The predicted molar refractivity (Wildman–Crippen MR) is 262 cm³/mol. The summed E-state index contributed by atoms with van der Waals surface area (Å²) in [6.45, 7) is 14.8. The maximum Gasteiger partial charge on any atom is 0.320 e. The highest BCUT2D eigenvalue weighted by molar-refractivity contribution is 9.10. The van der Waals surface area contributed by atoms with Gasteiger partial charge < -0.3 is 46.4 Å². The van der Waals surface area contributed by atoms with Gasteiger partial charge in [0.05, 0.1) is 45.1 Å². The summed E-state index contributed by atoms with van der Waals surface area (Å²) in [4.78, 5) is 107. The number of carboxylic acid groups (broad SMARTS) is 4. The molecule has 1 aliphatic heterocycles. The van der Waals surface area contributed by atoms with Crippen LogP contribution in [0.4, 0.5) is 5.69 Å². The molecule has 1 aromatic carbocycles. The third-order valence-corrected chi connectivity index (χ3v) is 12.9. The fraction of sp³-hybridized carbons (Fsp3) is 0.702. The van der Waals surface area contributed by atoms with Crippen LogP contribution >= 0.6 is 15.9 Å². The van der Waals surface area contributed by atoms with Crippen LogP contribution in [0.3, 0.4) is 0 Å². The van der Waals surface area contributed by atoms with Crippen molar-refractivity contribution in [3.8, 4) is 0 Å². The summed E-state index contributed by atoms with van der Waals surface area (Å²) in [6, 6.07) is -0.266. The molecule has 390 valence electrons. The molecule has 0 aromatic heterocycles. The van der Waals surface area contributed by atoms with E-state index in [1.807, 2.05) is 47.6 Å². The van der Waals surface area contributed by atoms with Gasteiger partial charge in [0.15, 0.2) is 0 Å². The lowest BCUT2D eigenvalue weighted by Crippen LogP contribution is -2.55. The number of anilines is 1. The van der Waals surface area contributed by atoms with Crippen molar-refractivity contribution in [2.45, 2.75) is 124 Å². The Hall–Kier alpha value is -4.74. The number of aryl methyl sites for hydroxylation is 2. The zero-order chi connectivity index (χ0) is 52.1. The summed E-state index contributed by atoms with van der Waals surface area (Å²) in [6.07, 6.45) is 2.38. The second-order valence-corrected chi connectivity index (χ2v) is 20.2. The van der Waals surface area contributed by atoms with Crippen LogP contribution in [0.15, 0.2) is 10.5 Å². The van der Waals surface area contributed by atoms with Crippen molar-refractivity contribution in [1.82, 2.24) is 35.6 Å². The van der Waals surface area contributed by atoms with Gasteiger partial charge in [-0.1, -0.05) is 55.6 Å². The molecule has 1 aliphatic rings. The van der Waals surface area contributed by atoms with Gasteiger partial charge in [-0.05, 0) is 70.6 Å². The normalized spacial score (nSPS) is 15.8. The zero-order valence-electron chi connectivity index (χ0n) is 41.7. The second kappa shape index (κ2) is 29.4. The van der Waals surface area contributed by atoms with Gasteiger partial charge in [-0.25, -0.2) is 0 Å². The molecule has 21 nitrogen and oxygen atoms in total. The molecule has 1 heterocycles. The number of halogens is 1. The number of benzene rings is 1. The lowest BCUT2D eigenvalue weighted by Gasteiger charge is -2.34. The third-order valence-electron chi connectivity index (χ3n) is 11.6. The molecule has 2 atom stereocenters. The average Bonchev–Trinajstić information content (AvgIpc) is 3.26. The Balaban J connectivity index is 2.05. The Morgan fingerprint density at radius 2 is 1.26 bits per heavy atom. The van der Waals surface area contributed by atoms with E-state index in [9.17, 15) is 58.8 Å². The number of carbonyl (C=O) groups excluding carboxylic acids is 4. The lowest BCUT2D eigenvalue weighted by molar-refractivity contribution is -0.146. The maximum absolute atomic E-state index is 13.7. The van der Waals surface area contributed by atoms with E-state index >= 15 is 0 Å². The van der Waals surface area contributed by atoms with Crippen LogP contribution in [-0.4, -0.2) is 190 Å². The smallest absolute Gasteiger partial charge is 0.320 e. The Morgan fingerprint density at radius 3 is 1.83 bits per heavy atom. The van der Waals surface area contributed by atoms with Crippen molar-refractivity contribution >= 4 is 69.1 Å². The summed E-state index contributed by atoms with van der Waals surface area (Å²) in [5.41, 5.74) is 1.98. The summed E-state index contributed by atoms with van der Waals surface area (Å²) in [7, 11) is 0. The first kappa shape index (κ1) is 60.4. The number of nitrogens with zero attached hydrogens (tertiary/aromatic N) is 4. The lowest BCUT2D eigenvalue weighted by atomic mass is 9.94. The molecule has 1 fully saturated rings. The highest BCUT2D eigenvalue weighted by Gasteiger charge is 2.32. The van der Waals surface area contributed by atoms with E-state index in [0.29, 0.717) is 12.1 Å². The summed E-state index contributed by atoms with van der Waals surface area (Å²) in [5, 5.41) is 50.5. The van der Waals surface area contributed by atoms with E-state index < -0.39 is 65.3 Å². The number of hydrogen-bond acceptors (Lipinski definition) is 13. The minimum Gasteiger partial charge on any atom is -0.480 e. The Bertz CT molecular complexity index is 1930. The third kappa shape index (κ3) is 23.6. The van der Waals surface area contributed by atoms with Gasteiger partial charge >= 0.3 is 23.9 Å². The summed E-state index contributed by atoms with van der Waals surface area (Å²) < 4.78 is 6.95. The van der Waals surface area contributed by atoms with Crippen LogP contribution in [-0.2, 0) is 43.1 Å². The first-order valence-corrected chi connectivity index (χ1v) is 24.3. The minimum atomic E-state index is -1.25. The molecule has 1 saturated heterocycles. The van der Waals surface area contributed by atoms with Crippen LogP contribution in [0.2, 0.25) is 0 Å². The standard InChI is InChI=1S/C47H77BrN8O13/c1-9-10-11-12-37(58)50-34(13-15-38(59)51-43-32(3)23-31(2)42(48)33(43)4)44(66)52-47(7,8)29-69-28-46(5,6)27-49-36(57)16-14-35(45(67)68)56-22-21-54(25-40(62)63)18-17-53(24-39(60)61)19-20-55(30-56)26-41(64)65/h23,34-35H,9-22,24-30H2,1-8H3,(H,49,57)(H,50,58)(H,51,59)(H,52,66)(H,60,61)(H,62,63)(H,64,65)(H,67,68). The Morgan fingerprint density at radius 1 is 0.710 bits per heavy atom. The fourth-order valence-corrected chi connectivity index (χ4v) is 8.19. The van der Waals surface area contributed by atoms with E-state index in [1.165, 1.54) is 9.80 Å². The van der Waals surface area contributed by atoms with Gasteiger partial charge in [0, 0.05) is 80.7 Å². The van der Waals surface area contributed by atoms with Crippen LogP contribution in [0.5, 0.6) is 0 Å². The number of nitrogens with one attached hydrogen (secondary N) is 4. The summed E-state index contributed by atoms with van der Waals surface area (Å²) in [5.74, 6) is -6.15. The average molecular weight is 1040 g/mol. The number of carboxylic acids is 4. The molecular weight excluding hydrogens is 964 g/mol. The van der Waals surface area contributed by atoms with Crippen LogP contribution in [0, 0.1) is 26.2 Å². The number of hydrogen-bond donors (Lipinski definition) is 8. The van der Waals surface area contributed by atoms with E-state index in [2.05, 4.69) is 37.2 Å². The van der Waals surface area contributed by atoms with Gasteiger partial charge in [-0.3, -0.25) is 58.0 Å². The molecule has 0 bridgehead atoms. The fourth-order valence-electron chi connectivity index (χ4n) is 7.88. The van der Waals surface area contributed by atoms with E-state index in [0.717, 1.165) is 34.0 Å². The van der Waals surface area contributed by atoms with Crippen molar-refractivity contribution in [3.05, 3.63) is 27.2 Å². The first-order valence-electron chi connectivity index (χ1n) is 23.5. The first-order chi connectivity index (χ1) is 32.2. The molecular formula is C47H77BrN8O13. The van der Waals surface area contributed by atoms with E-state index in [1.54, 1.807) is 23.6 Å². The minimum absolute atomic E-state index is 0.0278. The monoisotopic (exact) mass is 1040 g/mol. The molecule has 4 amide bonds. The number of aliphatic carboxylic acids is 4. The van der Waals surface area contributed by atoms with Gasteiger partial charge in [-0.2, -0.15) is 0 Å². The van der Waals surface area contributed by atoms with Crippen molar-refractivity contribution in [1.29, 1.82) is 0 Å². The van der Waals surface area contributed by atoms with Gasteiger partial charge in [0.1, 0.15) is 12.1 Å². The van der Waals surface area contributed by atoms with Gasteiger partial charge in [0.2, 0.25) is 23.6 Å². The summed E-state index contributed by atoms with van der Waals surface area (Å²) >= 11 is 3.58. The number of ether oxygens (including phenoxy) is 1. The molecule has 2 rings (SSSR count). The number of carbonyl (C=O) groups is 8. The molecule has 22 heteroatoms. The quantitative estimate of drug-likeness (QED) is 0.0560. The maximum atomic E-state index is 13.7. The molecule has 0 spiro atoms. The van der Waals surface area contributed by atoms with Crippen LogP contribution < -0.4 is 21.3 Å². The molecule has 0 saturated carbocycles. The van der Waals surface area contributed by atoms with Crippen LogP contribution in [0.25, 0.3) is 0 Å². The van der Waals surface area contributed by atoms with E-state index in [-0.39, 0.29) is 123 Å². The SMILES string of the molecule is CCCCCC(=O)NC(CCC(=O)Nc1c(C)cc(C)c(Br)c1C)C(=O)NC(C)(C)COCC(C)(C)CNC(=O)CCC(C(=O)O)N1CCN(CC(=O)O)CCN(CC(=O)O)CCN(CC(=O)O)C1. The second-order valence-electron chi connectivity index (χ2n) is 19.4. The van der Waals surface area contributed by atoms with Crippen molar-refractivity contribution in [2.24, 2.45) is 5.41 Å². The highest BCUT2D eigenvalue weighted by atomic mass is 79.9. The predicted octanol–water partition coefficient (Wildman–Crippen LogP) is 2.88. The number of amides is 4.